The van der Waals surface area contributed by atoms with Gasteiger partial charge in [0.05, 0.1) is 19.8 Å². The lowest BCUT2D eigenvalue weighted by Crippen LogP contribution is -2.51. The van der Waals surface area contributed by atoms with Gasteiger partial charge in [-0.05, 0) is 24.3 Å². The van der Waals surface area contributed by atoms with Crippen molar-refractivity contribution in [2.24, 2.45) is 0 Å². The van der Waals surface area contributed by atoms with Gasteiger partial charge < -0.3 is 14.5 Å². The smallest absolute Gasteiger partial charge is 0.254 e. The number of likely N-dealkylation sites (tertiary alicyclic amines) is 1. The van der Waals surface area contributed by atoms with Gasteiger partial charge in [-0.25, -0.2) is 4.39 Å². The number of benzene rings is 1. The van der Waals surface area contributed by atoms with Gasteiger partial charge in [-0.2, -0.15) is 0 Å². The first-order valence-electron chi connectivity index (χ1n) is 7.63. The van der Waals surface area contributed by atoms with Crippen molar-refractivity contribution in [2.45, 2.75) is 18.6 Å². The third kappa shape index (κ3) is 3.48. The van der Waals surface area contributed by atoms with Gasteiger partial charge in [0.2, 0.25) is 5.91 Å². The third-order valence-electron chi connectivity index (χ3n) is 4.21. The Morgan fingerprint density at radius 1 is 1.17 bits per heavy atom. The highest BCUT2D eigenvalue weighted by Crippen LogP contribution is 2.25. The molecule has 23 heavy (non-hydrogen) atoms. The summed E-state index contributed by atoms with van der Waals surface area (Å²) in [6.45, 7) is 1.86. The first-order chi connectivity index (χ1) is 11.1. The van der Waals surface area contributed by atoms with Crippen molar-refractivity contribution in [3.8, 4) is 0 Å². The van der Waals surface area contributed by atoms with Crippen LogP contribution in [0.1, 0.15) is 16.8 Å². The first kappa shape index (κ1) is 16.2. The summed E-state index contributed by atoms with van der Waals surface area (Å²) in [6.07, 6.45) is -1.13. The van der Waals surface area contributed by atoms with Gasteiger partial charge in [0.25, 0.3) is 5.91 Å². The van der Waals surface area contributed by atoms with Gasteiger partial charge in [-0.3, -0.25) is 9.59 Å². The maximum absolute atomic E-state index is 13.9. The zero-order valence-corrected chi connectivity index (χ0v) is 13.3. The molecule has 1 aromatic carbocycles. The highest BCUT2D eigenvalue weighted by atomic mass is 35.5. The quantitative estimate of drug-likeness (QED) is 0.824. The standard InChI is InChI=1S/C16H18ClFN2O3/c17-12-3-1-11(2-4-12)15(21)20-10-13(18)9-14(20)16(22)19-5-7-23-8-6-19/h1-4,13-14H,5-10H2/t13-,14-/m1/s1. The van der Waals surface area contributed by atoms with Crippen LogP contribution in [0.15, 0.2) is 24.3 Å². The van der Waals surface area contributed by atoms with Crippen molar-refractivity contribution in [2.75, 3.05) is 32.8 Å². The molecular weight excluding hydrogens is 323 g/mol. The number of carbonyl (C=O) groups is 2. The number of nitrogens with zero attached hydrogens (tertiary/aromatic N) is 2. The Balaban J connectivity index is 1.77. The Morgan fingerprint density at radius 2 is 1.83 bits per heavy atom. The maximum Gasteiger partial charge on any atom is 0.254 e. The van der Waals surface area contributed by atoms with Crippen LogP contribution in [0.4, 0.5) is 4.39 Å². The summed E-state index contributed by atoms with van der Waals surface area (Å²) < 4.78 is 19.1. The highest BCUT2D eigenvalue weighted by Gasteiger charge is 2.42. The molecule has 2 amide bonds. The molecule has 0 saturated carbocycles. The van der Waals surface area contributed by atoms with Crippen LogP contribution in [0, 0.1) is 0 Å². The van der Waals surface area contributed by atoms with Crippen LogP contribution in [0.5, 0.6) is 0 Å². The van der Waals surface area contributed by atoms with E-state index in [1.165, 1.54) is 4.90 Å². The van der Waals surface area contributed by atoms with Crippen LogP contribution in [0.3, 0.4) is 0 Å². The Labute approximate surface area is 138 Å². The minimum atomic E-state index is -1.18. The van der Waals surface area contributed by atoms with Gasteiger partial charge in [0, 0.05) is 30.1 Å². The van der Waals surface area contributed by atoms with E-state index >= 15 is 0 Å². The second-order valence-electron chi connectivity index (χ2n) is 5.75. The number of morpholine rings is 1. The molecule has 3 rings (SSSR count). The molecule has 2 heterocycles. The molecule has 2 atom stereocenters. The van der Waals surface area contributed by atoms with E-state index in [2.05, 4.69) is 0 Å². The summed E-state index contributed by atoms with van der Waals surface area (Å²) in [7, 11) is 0. The Bertz CT molecular complexity index is 589. The molecule has 0 N–H and O–H groups in total. The van der Waals surface area contributed by atoms with E-state index in [1.807, 2.05) is 0 Å². The van der Waals surface area contributed by atoms with E-state index in [1.54, 1.807) is 29.2 Å². The van der Waals surface area contributed by atoms with E-state index in [-0.39, 0.29) is 24.8 Å². The predicted octanol–water partition coefficient (Wildman–Crippen LogP) is 1.75. The molecule has 0 bridgehead atoms. The van der Waals surface area contributed by atoms with E-state index in [0.29, 0.717) is 36.9 Å². The average Bonchev–Trinajstić information content (AvgIpc) is 2.97. The number of rotatable bonds is 2. The number of hydrogen-bond acceptors (Lipinski definition) is 3. The fraction of sp³-hybridized carbons (Fsp3) is 0.500. The maximum atomic E-state index is 13.9. The third-order valence-corrected chi connectivity index (χ3v) is 4.46. The summed E-state index contributed by atoms with van der Waals surface area (Å²) in [5.74, 6) is -0.538. The molecule has 0 spiro atoms. The fourth-order valence-corrected chi connectivity index (χ4v) is 3.12. The molecule has 2 aliphatic rings. The van der Waals surface area contributed by atoms with Gasteiger partial charge in [-0.1, -0.05) is 11.6 Å². The minimum Gasteiger partial charge on any atom is -0.378 e. The number of alkyl halides is 1. The molecule has 5 nitrogen and oxygen atoms in total. The fourth-order valence-electron chi connectivity index (χ4n) is 3.00. The molecule has 7 heteroatoms. The average molecular weight is 341 g/mol. The number of carbonyl (C=O) groups excluding carboxylic acids is 2. The van der Waals surface area contributed by atoms with Crippen LogP contribution in [0.2, 0.25) is 5.02 Å². The van der Waals surface area contributed by atoms with Crippen molar-refractivity contribution >= 4 is 23.4 Å². The second-order valence-corrected chi connectivity index (χ2v) is 6.19. The Hall–Kier alpha value is -1.66. The van der Waals surface area contributed by atoms with Crippen molar-refractivity contribution in [1.82, 2.24) is 9.80 Å². The molecule has 2 fully saturated rings. The summed E-state index contributed by atoms with van der Waals surface area (Å²) in [5, 5.41) is 0.521. The number of ether oxygens (including phenoxy) is 1. The number of hydrogen-bond donors (Lipinski definition) is 0. The van der Waals surface area contributed by atoms with E-state index in [4.69, 9.17) is 16.3 Å². The largest absolute Gasteiger partial charge is 0.378 e. The molecule has 2 aliphatic heterocycles. The van der Waals surface area contributed by atoms with Crippen LogP contribution in [0.25, 0.3) is 0 Å². The van der Waals surface area contributed by atoms with E-state index in [0.717, 1.165) is 0 Å². The molecule has 0 aromatic heterocycles. The van der Waals surface area contributed by atoms with Crippen LogP contribution in [-0.4, -0.2) is 66.7 Å². The first-order valence-corrected chi connectivity index (χ1v) is 8.01. The van der Waals surface area contributed by atoms with Crippen LogP contribution >= 0.6 is 11.6 Å². The second kappa shape index (κ2) is 6.84. The SMILES string of the molecule is O=C([C@H]1C[C@@H](F)CN1C(=O)c1ccc(Cl)cc1)N1CCOCC1. The molecular formula is C16H18ClFN2O3. The monoisotopic (exact) mass is 340 g/mol. The molecule has 2 saturated heterocycles. The lowest BCUT2D eigenvalue weighted by atomic mass is 10.1. The van der Waals surface area contributed by atoms with Gasteiger partial charge in [0.15, 0.2) is 0 Å². The lowest BCUT2D eigenvalue weighted by Gasteiger charge is -2.32. The van der Waals surface area contributed by atoms with Crippen LogP contribution < -0.4 is 0 Å². The summed E-state index contributed by atoms with van der Waals surface area (Å²) >= 11 is 5.82. The summed E-state index contributed by atoms with van der Waals surface area (Å²) in [5.41, 5.74) is 0.406. The Kier molecular flexibility index (Phi) is 4.82. The van der Waals surface area contributed by atoms with E-state index in [9.17, 15) is 14.0 Å². The zero-order valence-electron chi connectivity index (χ0n) is 12.6. The van der Waals surface area contributed by atoms with Gasteiger partial charge in [-0.15, -0.1) is 0 Å². The molecule has 124 valence electrons. The van der Waals surface area contributed by atoms with Crippen molar-refractivity contribution in [3.63, 3.8) is 0 Å². The van der Waals surface area contributed by atoms with Gasteiger partial charge in [0.1, 0.15) is 12.2 Å². The Morgan fingerprint density at radius 3 is 2.48 bits per heavy atom. The molecule has 0 aliphatic carbocycles. The zero-order chi connectivity index (χ0) is 16.4. The normalized spacial score (nSPS) is 24.8. The number of halogens is 2. The van der Waals surface area contributed by atoms with Crippen molar-refractivity contribution in [3.05, 3.63) is 34.9 Å². The van der Waals surface area contributed by atoms with E-state index < -0.39 is 12.2 Å². The summed E-state index contributed by atoms with van der Waals surface area (Å²) in [4.78, 5) is 28.2. The number of amides is 2. The topological polar surface area (TPSA) is 49.9 Å². The molecule has 0 unspecified atom stereocenters. The highest BCUT2D eigenvalue weighted by molar-refractivity contribution is 6.30. The molecule has 1 aromatic rings. The van der Waals surface area contributed by atoms with Crippen molar-refractivity contribution < 1.29 is 18.7 Å². The van der Waals surface area contributed by atoms with Crippen molar-refractivity contribution in [1.29, 1.82) is 0 Å². The molecule has 0 radical (unpaired) electrons. The van der Waals surface area contributed by atoms with Gasteiger partial charge >= 0.3 is 0 Å². The van der Waals surface area contributed by atoms with Crippen LogP contribution in [-0.2, 0) is 9.53 Å². The summed E-state index contributed by atoms with van der Waals surface area (Å²) in [6, 6.07) is 5.65. The minimum absolute atomic E-state index is 0.0511. The predicted molar refractivity (Wildman–Crippen MR) is 83.2 cm³/mol. The lowest BCUT2D eigenvalue weighted by molar-refractivity contribution is -0.139.